The van der Waals surface area contributed by atoms with Crippen molar-refractivity contribution < 1.29 is 18.4 Å². The Morgan fingerprint density at radius 1 is 0.500 bits per heavy atom. The molecule has 0 atom stereocenters. The summed E-state index contributed by atoms with van der Waals surface area (Å²) in [5.74, 6) is -1.12. The first-order chi connectivity index (χ1) is 15.5. The summed E-state index contributed by atoms with van der Waals surface area (Å²) in [7, 11) is 0. The minimum Gasteiger partial charge on any atom is -0.289 e. The van der Waals surface area contributed by atoms with Crippen LogP contribution in [0.2, 0.25) is 0 Å². The number of carbonyl (C=O) groups excluding carboxylic acids is 2. The summed E-state index contributed by atoms with van der Waals surface area (Å²) in [6, 6.07) is 22.4. The molecule has 0 bridgehead atoms. The molecular weight excluding hydrogens is 446 g/mol. The van der Waals surface area contributed by atoms with Gasteiger partial charge in [0, 0.05) is 41.8 Å². The molecule has 2 nitrogen and oxygen atoms in total. The summed E-state index contributed by atoms with van der Waals surface area (Å²) in [5.41, 5.74) is 1.43. The first kappa shape index (κ1) is 20.7. The van der Waals surface area contributed by atoms with Crippen LogP contribution in [0.5, 0.6) is 0 Å². The van der Waals surface area contributed by atoms with E-state index in [0.717, 1.165) is 9.79 Å². The van der Waals surface area contributed by atoms with Gasteiger partial charge in [-0.2, -0.15) is 0 Å². The Bertz CT molecular complexity index is 1260. The van der Waals surface area contributed by atoms with Crippen molar-refractivity contribution >= 4 is 35.1 Å². The van der Waals surface area contributed by atoms with Crippen LogP contribution in [-0.2, 0) is 0 Å². The van der Waals surface area contributed by atoms with E-state index in [-0.39, 0.29) is 23.2 Å². The molecule has 32 heavy (non-hydrogen) atoms. The van der Waals surface area contributed by atoms with Gasteiger partial charge in [0.05, 0.1) is 0 Å². The number of hydrogen-bond donors (Lipinski definition) is 0. The molecule has 0 aliphatic heterocycles. The van der Waals surface area contributed by atoms with Crippen molar-refractivity contribution in [1.82, 2.24) is 0 Å². The monoisotopic (exact) mass is 460 g/mol. The molecule has 0 saturated heterocycles. The van der Waals surface area contributed by atoms with Crippen LogP contribution in [0.1, 0.15) is 31.8 Å². The van der Waals surface area contributed by atoms with Crippen molar-refractivity contribution in [2.24, 2.45) is 0 Å². The van der Waals surface area contributed by atoms with Gasteiger partial charge in [-0.25, -0.2) is 8.78 Å². The van der Waals surface area contributed by atoms with Crippen LogP contribution in [0.25, 0.3) is 0 Å². The van der Waals surface area contributed by atoms with E-state index < -0.39 is 0 Å². The van der Waals surface area contributed by atoms with Gasteiger partial charge >= 0.3 is 0 Å². The molecular formula is C26H14F2O2S2. The fraction of sp³-hybridized carbons (Fsp3) is 0. The summed E-state index contributed by atoms with van der Waals surface area (Å²) >= 11 is 2.64. The van der Waals surface area contributed by atoms with Crippen molar-refractivity contribution in [3.8, 4) is 0 Å². The minimum absolute atomic E-state index is 0.221. The third kappa shape index (κ3) is 3.76. The lowest BCUT2D eigenvalue weighted by atomic mass is 9.84. The quantitative estimate of drug-likeness (QED) is 0.288. The van der Waals surface area contributed by atoms with E-state index in [0.29, 0.717) is 32.0 Å². The van der Waals surface area contributed by atoms with Crippen molar-refractivity contribution in [3.63, 3.8) is 0 Å². The second-order valence-corrected chi connectivity index (χ2v) is 9.36. The Morgan fingerprint density at radius 2 is 0.875 bits per heavy atom. The normalized spacial score (nSPS) is 12.4. The largest absolute Gasteiger partial charge is 0.289 e. The van der Waals surface area contributed by atoms with E-state index >= 15 is 0 Å². The molecule has 0 unspecified atom stereocenters. The van der Waals surface area contributed by atoms with E-state index in [2.05, 4.69) is 0 Å². The first-order valence-electron chi connectivity index (χ1n) is 9.73. The summed E-state index contributed by atoms with van der Waals surface area (Å²) in [5, 5.41) is 0. The molecule has 6 heteroatoms. The highest BCUT2D eigenvalue weighted by molar-refractivity contribution is 7.99. The van der Waals surface area contributed by atoms with Crippen LogP contribution in [0, 0.1) is 11.6 Å². The Labute approximate surface area is 191 Å². The first-order valence-corrected chi connectivity index (χ1v) is 11.4. The zero-order valence-corrected chi connectivity index (χ0v) is 18.1. The Balaban J connectivity index is 1.56. The topological polar surface area (TPSA) is 34.1 Å². The number of benzene rings is 4. The average Bonchev–Trinajstić information content (AvgIpc) is 2.80. The van der Waals surface area contributed by atoms with E-state index in [1.54, 1.807) is 60.7 Å². The molecule has 4 aromatic rings. The smallest absolute Gasteiger partial charge is 0.195 e. The summed E-state index contributed by atoms with van der Waals surface area (Å²) in [4.78, 5) is 29.8. The molecule has 0 amide bonds. The van der Waals surface area contributed by atoms with Crippen LogP contribution in [-0.4, -0.2) is 11.6 Å². The number of fused-ring (bicyclic) bond motifs is 2. The van der Waals surface area contributed by atoms with Crippen molar-refractivity contribution in [2.75, 3.05) is 0 Å². The van der Waals surface area contributed by atoms with Gasteiger partial charge in [-0.05, 0) is 60.7 Å². The number of halogens is 2. The fourth-order valence-electron chi connectivity index (χ4n) is 3.61. The second kappa shape index (κ2) is 8.37. The second-order valence-electron chi connectivity index (χ2n) is 7.13. The molecule has 5 rings (SSSR count). The number of hydrogen-bond acceptors (Lipinski definition) is 4. The minimum atomic E-state index is -0.337. The maximum atomic E-state index is 13.5. The Morgan fingerprint density at radius 3 is 1.25 bits per heavy atom. The molecule has 0 aromatic heterocycles. The van der Waals surface area contributed by atoms with Crippen molar-refractivity contribution in [2.45, 2.75) is 19.6 Å². The molecule has 0 spiro atoms. The number of carbonyl (C=O) groups is 2. The molecule has 0 fully saturated rings. The molecule has 4 aromatic carbocycles. The standard InChI is InChI=1S/C26H14F2O2S2/c27-15-7-11-17(12-8-15)31-21-5-1-3-19-23(21)26(30)20-4-2-6-22(24(20)25(19)29)32-18-13-9-16(28)10-14-18/h1-14H. The van der Waals surface area contributed by atoms with E-state index in [1.807, 2.05) is 0 Å². The Hall–Kier alpha value is -3.22. The van der Waals surface area contributed by atoms with Gasteiger partial charge in [0.1, 0.15) is 11.6 Å². The lowest BCUT2D eigenvalue weighted by Gasteiger charge is -2.22. The fourth-order valence-corrected chi connectivity index (χ4v) is 5.56. The molecule has 0 saturated carbocycles. The van der Waals surface area contributed by atoms with E-state index in [1.165, 1.54) is 47.8 Å². The van der Waals surface area contributed by atoms with Gasteiger partial charge in [0.25, 0.3) is 0 Å². The molecule has 1 aliphatic rings. The van der Waals surface area contributed by atoms with Gasteiger partial charge in [0.15, 0.2) is 11.6 Å². The van der Waals surface area contributed by atoms with Crippen molar-refractivity contribution in [1.29, 1.82) is 0 Å². The molecule has 0 N–H and O–H groups in total. The third-order valence-corrected chi connectivity index (χ3v) is 7.21. The van der Waals surface area contributed by atoms with Gasteiger partial charge in [0.2, 0.25) is 0 Å². The molecule has 0 heterocycles. The highest BCUT2D eigenvalue weighted by Crippen LogP contribution is 2.41. The summed E-state index contributed by atoms with van der Waals surface area (Å²) in [6.45, 7) is 0. The van der Waals surface area contributed by atoms with E-state index in [9.17, 15) is 18.4 Å². The lowest BCUT2D eigenvalue weighted by Crippen LogP contribution is -2.22. The van der Waals surface area contributed by atoms with Crippen LogP contribution in [0.3, 0.4) is 0 Å². The van der Waals surface area contributed by atoms with Crippen LogP contribution in [0.15, 0.2) is 105 Å². The van der Waals surface area contributed by atoms with Gasteiger partial charge < -0.3 is 0 Å². The predicted octanol–water partition coefficient (Wildman–Crippen LogP) is 7.04. The maximum Gasteiger partial charge on any atom is 0.195 e. The zero-order valence-electron chi connectivity index (χ0n) is 16.5. The number of rotatable bonds is 4. The van der Waals surface area contributed by atoms with Crippen molar-refractivity contribution in [3.05, 3.63) is 119 Å². The van der Waals surface area contributed by atoms with Gasteiger partial charge in [-0.3, -0.25) is 9.59 Å². The maximum absolute atomic E-state index is 13.5. The molecule has 1 aliphatic carbocycles. The molecule has 0 radical (unpaired) electrons. The van der Waals surface area contributed by atoms with Gasteiger partial charge in [-0.1, -0.05) is 47.8 Å². The summed E-state index contributed by atoms with van der Waals surface area (Å²) < 4.78 is 26.5. The highest BCUT2D eigenvalue weighted by Gasteiger charge is 2.33. The summed E-state index contributed by atoms with van der Waals surface area (Å²) in [6.07, 6.45) is 0. The van der Waals surface area contributed by atoms with E-state index in [4.69, 9.17) is 0 Å². The average molecular weight is 461 g/mol. The van der Waals surface area contributed by atoms with Crippen LogP contribution in [0.4, 0.5) is 8.78 Å². The van der Waals surface area contributed by atoms with Crippen LogP contribution >= 0.6 is 23.5 Å². The zero-order chi connectivity index (χ0) is 22.2. The SMILES string of the molecule is O=C1c2cccc(Sc3ccc(F)cc3)c2C(=O)c2cccc(Sc3ccc(F)cc3)c21. The van der Waals surface area contributed by atoms with Crippen LogP contribution < -0.4 is 0 Å². The Kier molecular flexibility index (Phi) is 5.41. The van der Waals surface area contributed by atoms with Gasteiger partial charge in [-0.15, -0.1) is 0 Å². The number of ketones is 2. The molecule has 156 valence electrons. The predicted molar refractivity (Wildman–Crippen MR) is 121 cm³/mol. The third-order valence-electron chi connectivity index (χ3n) is 5.08. The lowest BCUT2D eigenvalue weighted by molar-refractivity contribution is 0.0974. The highest BCUT2D eigenvalue weighted by atomic mass is 32.2.